The monoisotopic (exact) mass is 475 g/mol. The molecule has 1 N–H and O–H groups in total. The van der Waals surface area contributed by atoms with Crippen LogP contribution in [0.1, 0.15) is 50.6 Å². The minimum Gasteiger partial charge on any atom is -0.343 e. The number of aromatic nitrogens is 4. The number of aryl methyl sites for hydroxylation is 2. The van der Waals surface area contributed by atoms with E-state index in [4.69, 9.17) is 0 Å². The van der Waals surface area contributed by atoms with E-state index in [2.05, 4.69) is 20.4 Å². The van der Waals surface area contributed by atoms with Crippen molar-refractivity contribution in [2.24, 2.45) is 0 Å². The Morgan fingerprint density at radius 1 is 1.19 bits per heavy atom. The van der Waals surface area contributed by atoms with Gasteiger partial charge in [0.1, 0.15) is 10.6 Å². The molecule has 0 unspecified atom stereocenters. The fourth-order valence-corrected chi connectivity index (χ4v) is 4.35. The Bertz CT molecular complexity index is 1170. The summed E-state index contributed by atoms with van der Waals surface area (Å²) < 4.78 is 80.1. The van der Waals surface area contributed by atoms with Crippen LogP contribution >= 0.6 is 11.3 Å². The number of nitrogens with one attached hydrogen (secondary N) is 1. The lowest BCUT2D eigenvalue weighted by Gasteiger charge is -2.24. The summed E-state index contributed by atoms with van der Waals surface area (Å²) >= 11 is 0.646. The number of amides is 1. The Balaban J connectivity index is 1.62. The SMILES string of the molecule is Cc1nc(C(F)(F)F)c(C(=O)N[C@@H]2CCCn3nc(-c4ccnc(C(F)(F)F)c4)cc32)s1. The molecule has 4 rings (SSSR count). The number of halogens is 6. The van der Waals surface area contributed by atoms with Gasteiger partial charge in [0.15, 0.2) is 5.69 Å². The molecule has 6 nitrogen and oxygen atoms in total. The van der Waals surface area contributed by atoms with Crippen LogP contribution in [0.3, 0.4) is 0 Å². The van der Waals surface area contributed by atoms with Gasteiger partial charge in [-0.15, -0.1) is 11.3 Å². The molecule has 0 bridgehead atoms. The van der Waals surface area contributed by atoms with Crippen LogP contribution in [0.2, 0.25) is 0 Å². The highest BCUT2D eigenvalue weighted by Gasteiger charge is 2.40. The molecule has 3 aromatic rings. The predicted octanol–water partition coefficient (Wildman–Crippen LogP) is 5.01. The van der Waals surface area contributed by atoms with Crippen LogP contribution in [0.5, 0.6) is 0 Å². The average Bonchev–Trinajstić information content (AvgIpc) is 3.32. The number of hydrogen-bond donors (Lipinski definition) is 1. The molecule has 170 valence electrons. The van der Waals surface area contributed by atoms with E-state index >= 15 is 0 Å². The Morgan fingerprint density at radius 2 is 1.94 bits per heavy atom. The van der Waals surface area contributed by atoms with Gasteiger partial charge >= 0.3 is 12.4 Å². The summed E-state index contributed by atoms with van der Waals surface area (Å²) in [5.74, 6) is -0.910. The zero-order valence-corrected chi connectivity index (χ0v) is 17.2. The molecule has 0 fully saturated rings. The highest BCUT2D eigenvalue weighted by Crippen LogP contribution is 2.36. The van der Waals surface area contributed by atoms with Crippen LogP contribution in [0.4, 0.5) is 26.3 Å². The Labute approximate surface area is 181 Å². The Morgan fingerprint density at radius 3 is 2.62 bits per heavy atom. The van der Waals surface area contributed by atoms with E-state index in [1.54, 1.807) is 4.68 Å². The van der Waals surface area contributed by atoms with Crippen LogP contribution < -0.4 is 5.32 Å². The van der Waals surface area contributed by atoms with Crippen molar-refractivity contribution in [3.63, 3.8) is 0 Å². The summed E-state index contributed by atoms with van der Waals surface area (Å²) in [5, 5.41) is 7.02. The highest BCUT2D eigenvalue weighted by molar-refractivity contribution is 7.13. The molecule has 3 aromatic heterocycles. The van der Waals surface area contributed by atoms with Crippen molar-refractivity contribution in [3.05, 3.63) is 51.4 Å². The zero-order valence-electron chi connectivity index (χ0n) is 16.4. The molecule has 1 aliphatic rings. The van der Waals surface area contributed by atoms with E-state index in [1.165, 1.54) is 19.1 Å². The van der Waals surface area contributed by atoms with Crippen molar-refractivity contribution in [3.8, 4) is 11.3 Å². The molecule has 0 radical (unpaired) electrons. The highest BCUT2D eigenvalue weighted by atomic mass is 32.1. The summed E-state index contributed by atoms with van der Waals surface area (Å²) in [4.78, 5) is 18.9. The maximum atomic E-state index is 13.2. The number of nitrogens with zero attached hydrogens (tertiary/aromatic N) is 4. The fourth-order valence-electron chi connectivity index (χ4n) is 3.51. The molecule has 1 amide bonds. The van der Waals surface area contributed by atoms with E-state index in [0.717, 1.165) is 12.3 Å². The number of hydrogen-bond acceptors (Lipinski definition) is 5. The second-order valence-electron chi connectivity index (χ2n) is 7.18. The molecule has 1 atom stereocenters. The zero-order chi connectivity index (χ0) is 23.3. The van der Waals surface area contributed by atoms with Gasteiger partial charge < -0.3 is 5.32 Å². The van der Waals surface area contributed by atoms with Gasteiger partial charge in [-0.3, -0.25) is 14.5 Å². The summed E-state index contributed by atoms with van der Waals surface area (Å²) in [5.41, 5.74) is -1.36. The molecular formula is C19H15F6N5OS. The fraction of sp³-hybridized carbons (Fsp3) is 0.368. The maximum Gasteiger partial charge on any atom is 0.435 e. The molecule has 0 aliphatic carbocycles. The predicted molar refractivity (Wildman–Crippen MR) is 102 cm³/mol. The van der Waals surface area contributed by atoms with E-state index in [-0.39, 0.29) is 16.3 Å². The van der Waals surface area contributed by atoms with Crippen LogP contribution in [0.25, 0.3) is 11.3 Å². The first-order valence-corrected chi connectivity index (χ1v) is 10.2. The van der Waals surface area contributed by atoms with Crippen molar-refractivity contribution in [2.45, 2.75) is 44.7 Å². The van der Waals surface area contributed by atoms with Crippen molar-refractivity contribution >= 4 is 17.2 Å². The topological polar surface area (TPSA) is 72.7 Å². The lowest BCUT2D eigenvalue weighted by molar-refractivity contribution is -0.141. The number of pyridine rings is 1. The van der Waals surface area contributed by atoms with Gasteiger partial charge in [0.25, 0.3) is 5.91 Å². The van der Waals surface area contributed by atoms with E-state index in [9.17, 15) is 31.1 Å². The molecule has 0 aromatic carbocycles. The summed E-state index contributed by atoms with van der Waals surface area (Å²) in [6.45, 7) is 1.84. The van der Waals surface area contributed by atoms with Gasteiger partial charge in [0.2, 0.25) is 0 Å². The first-order valence-electron chi connectivity index (χ1n) is 9.40. The Hall–Kier alpha value is -2.96. The van der Waals surface area contributed by atoms with Crippen molar-refractivity contribution < 1.29 is 31.1 Å². The van der Waals surface area contributed by atoms with Crippen molar-refractivity contribution in [1.29, 1.82) is 0 Å². The summed E-state index contributed by atoms with van der Waals surface area (Å²) in [6, 6.07) is 3.14. The molecule has 0 spiro atoms. The second kappa shape index (κ2) is 7.87. The van der Waals surface area contributed by atoms with Gasteiger partial charge in [-0.1, -0.05) is 0 Å². The number of fused-ring (bicyclic) bond motifs is 1. The minimum atomic E-state index is -4.77. The standard InChI is InChI=1S/C19H15F6N5OS/c1-9-27-16(19(23,24)25)15(32-9)17(31)28-11-3-2-6-30-13(11)8-12(29-30)10-4-5-26-14(7-10)18(20,21)22/h4-5,7-8,11H,2-3,6H2,1H3,(H,28,31)/t11-/m1/s1. The van der Waals surface area contributed by atoms with Gasteiger partial charge in [-0.2, -0.15) is 31.4 Å². The van der Waals surface area contributed by atoms with Gasteiger partial charge in [0.05, 0.1) is 22.4 Å². The van der Waals surface area contributed by atoms with Crippen LogP contribution in [-0.2, 0) is 18.9 Å². The number of alkyl halides is 6. The second-order valence-corrected chi connectivity index (χ2v) is 8.38. The van der Waals surface area contributed by atoms with E-state index in [0.29, 0.717) is 36.4 Å². The molecule has 1 aliphatic heterocycles. The maximum absolute atomic E-state index is 13.2. The van der Waals surface area contributed by atoms with Crippen molar-refractivity contribution in [1.82, 2.24) is 25.1 Å². The molecular weight excluding hydrogens is 460 g/mol. The number of carbonyl (C=O) groups excluding carboxylic acids is 1. The molecule has 13 heteroatoms. The van der Waals surface area contributed by atoms with E-state index in [1.807, 2.05) is 0 Å². The third-order valence-electron chi connectivity index (χ3n) is 4.89. The number of rotatable bonds is 3. The molecule has 0 saturated carbocycles. The normalized spacial score (nSPS) is 16.7. The Kier molecular flexibility index (Phi) is 5.47. The lowest BCUT2D eigenvalue weighted by atomic mass is 10.0. The van der Waals surface area contributed by atoms with Gasteiger partial charge in [-0.05, 0) is 38.0 Å². The quantitative estimate of drug-likeness (QED) is 0.541. The van der Waals surface area contributed by atoms with Crippen molar-refractivity contribution in [2.75, 3.05) is 0 Å². The van der Waals surface area contributed by atoms with Crippen LogP contribution in [-0.4, -0.2) is 25.7 Å². The minimum absolute atomic E-state index is 0.108. The third kappa shape index (κ3) is 4.33. The smallest absolute Gasteiger partial charge is 0.343 e. The summed E-state index contributed by atoms with van der Waals surface area (Å²) in [6.07, 6.45) is -7.33. The lowest BCUT2D eigenvalue weighted by Crippen LogP contribution is -2.33. The third-order valence-corrected chi connectivity index (χ3v) is 5.86. The molecule has 0 saturated heterocycles. The molecule has 4 heterocycles. The first kappa shape index (κ1) is 22.2. The summed E-state index contributed by atoms with van der Waals surface area (Å²) in [7, 11) is 0. The number of thiazole rings is 1. The van der Waals surface area contributed by atoms with Gasteiger partial charge in [-0.25, -0.2) is 4.98 Å². The van der Waals surface area contributed by atoms with Crippen LogP contribution in [0, 0.1) is 6.92 Å². The van der Waals surface area contributed by atoms with Gasteiger partial charge in [0, 0.05) is 18.3 Å². The van der Waals surface area contributed by atoms with Crippen LogP contribution in [0.15, 0.2) is 24.4 Å². The van der Waals surface area contributed by atoms with E-state index < -0.39 is 40.6 Å². The average molecular weight is 475 g/mol. The molecule has 32 heavy (non-hydrogen) atoms. The first-order chi connectivity index (χ1) is 14.9. The largest absolute Gasteiger partial charge is 0.435 e. The number of carbonyl (C=O) groups is 1.